The highest BCUT2D eigenvalue weighted by molar-refractivity contribution is 5.94. The second-order valence-electron chi connectivity index (χ2n) is 6.41. The average molecular weight is 309 g/mol. The van der Waals surface area contributed by atoms with E-state index in [-0.39, 0.29) is 11.3 Å². The molecule has 120 valence electrons. The molecule has 0 fully saturated rings. The Kier molecular flexibility index (Phi) is 5.16. The predicted octanol–water partition coefficient (Wildman–Crippen LogP) is 4.04. The number of amides is 1. The fraction of sp³-hybridized carbons (Fsp3) is 0.263. The van der Waals surface area contributed by atoms with Crippen molar-refractivity contribution in [3.63, 3.8) is 0 Å². The fourth-order valence-electron chi connectivity index (χ4n) is 2.12. The van der Waals surface area contributed by atoms with Crippen LogP contribution in [0.15, 0.2) is 55.4 Å². The summed E-state index contributed by atoms with van der Waals surface area (Å²) in [6, 6.07) is 10.1. The lowest BCUT2D eigenvalue weighted by Crippen LogP contribution is -2.23. The van der Waals surface area contributed by atoms with Crippen LogP contribution >= 0.6 is 0 Å². The Balaban J connectivity index is 2.11. The molecular weight excluding hydrogens is 286 g/mol. The first-order chi connectivity index (χ1) is 10.9. The summed E-state index contributed by atoms with van der Waals surface area (Å²) in [6.45, 7) is 10.6. The van der Waals surface area contributed by atoms with Crippen LogP contribution in [-0.2, 0) is 5.41 Å². The van der Waals surface area contributed by atoms with Crippen molar-refractivity contribution in [3.05, 3.63) is 66.5 Å². The van der Waals surface area contributed by atoms with Crippen molar-refractivity contribution in [2.75, 3.05) is 11.9 Å². The van der Waals surface area contributed by atoms with Crippen molar-refractivity contribution < 1.29 is 4.79 Å². The Morgan fingerprint density at radius 3 is 2.48 bits per heavy atom. The van der Waals surface area contributed by atoms with Crippen LogP contribution in [0.2, 0.25) is 0 Å². The topological polar surface area (TPSA) is 54.0 Å². The standard InChI is InChI=1S/C19H23N3O/c1-5-10-21-18(23)14-11-17(13-20-12-14)22-16-8-6-15(7-9-16)19(2,3)4/h5-9,11-13,22H,1,10H2,2-4H3,(H,21,23). The number of aromatic nitrogens is 1. The lowest BCUT2D eigenvalue weighted by molar-refractivity contribution is 0.0957. The maximum absolute atomic E-state index is 11.9. The lowest BCUT2D eigenvalue weighted by atomic mass is 9.87. The van der Waals surface area contributed by atoms with Crippen molar-refractivity contribution in [1.82, 2.24) is 10.3 Å². The summed E-state index contributed by atoms with van der Waals surface area (Å²) in [5.41, 5.74) is 3.66. The number of carbonyl (C=O) groups is 1. The molecule has 0 aliphatic rings. The molecule has 0 radical (unpaired) electrons. The van der Waals surface area contributed by atoms with Gasteiger partial charge in [0.15, 0.2) is 0 Å². The van der Waals surface area contributed by atoms with E-state index in [2.05, 4.69) is 55.1 Å². The summed E-state index contributed by atoms with van der Waals surface area (Å²) >= 11 is 0. The van der Waals surface area contributed by atoms with E-state index in [9.17, 15) is 4.79 Å². The Labute approximate surface area is 137 Å². The molecule has 0 bridgehead atoms. The van der Waals surface area contributed by atoms with Crippen LogP contribution in [0.25, 0.3) is 0 Å². The molecule has 23 heavy (non-hydrogen) atoms. The molecule has 1 heterocycles. The molecule has 0 saturated carbocycles. The number of nitrogens with one attached hydrogen (secondary N) is 2. The average Bonchev–Trinajstić information content (AvgIpc) is 2.52. The van der Waals surface area contributed by atoms with E-state index in [1.54, 1.807) is 24.5 Å². The van der Waals surface area contributed by atoms with Gasteiger partial charge in [0.25, 0.3) is 5.91 Å². The SMILES string of the molecule is C=CCNC(=O)c1cncc(Nc2ccc(C(C)(C)C)cc2)c1. The lowest BCUT2D eigenvalue weighted by Gasteiger charge is -2.19. The van der Waals surface area contributed by atoms with Crippen molar-refractivity contribution in [3.8, 4) is 0 Å². The molecule has 2 N–H and O–H groups in total. The molecule has 1 aromatic heterocycles. The highest BCUT2D eigenvalue weighted by Crippen LogP contribution is 2.24. The number of nitrogens with zero attached hydrogens (tertiary/aromatic N) is 1. The van der Waals surface area contributed by atoms with Gasteiger partial charge in [-0.3, -0.25) is 9.78 Å². The van der Waals surface area contributed by atoms with E-state index < -0.39 is 0 Å². The third-order valence-electron chi connectivity index (χ3n) is 3.45. The maximum atomic E-state index is 11.9. The molecule has 0 aliphatic heterocycles. The Morgan fingerprint density at radius 2 is 1.87 bits per heavy atom. The van der Waals surface area contributed by atoms with E-state index in [0.29, 0.717) is 12.1 Å². The number of carbonyl (C=O) groups excluding carboxylic acids is 1. The monoisotopic (exact) mass is 309 g/mol. The Morgan fingerprint density at radius 1 is 1.17 bits per heavy atom. The Bertz CT molecular complexity index is 685. The fourth-order valence-corrected chi connectivity index (χ4v) is 2.12. The molecule has 1 aromatic carbocycles. The summed E-state index contributed by atoms with van der Waals surface area (Å²) < 4.78 is 0. The zero-order chi connectivity index (χ0) is 16.9. The first-order valence-electron chi connectivity index (χ1n) is 7.62. The van der Waals surface area contributed by atoms with E-state index >= 15 is 0 Å². The van der Waals surface area contributed by atoms with Gasteiger partial charge in [-0.1, -0.05) is 39.0 Å². The van der Waals surface area contributed by atoms with Gasteiger partial charge >= 0.3 is 0 Å². The molecule has 4 heteroatoms. The van der Waals surface area contributed by atoms with E-state index in [1.807, 2.05) is 12.1 Å². The van der Waals surface area contributed by atoms with Gasteiger partial charge in [-0.15, -0.1) is 6.58 Å². The molecule has 2 rings (SSSR count). The molecule has 2 aromatic rings. The first-order valence-corrected chi connectivity index (χ1v) is 7.62. The third kappa shape index (κ3) is 4.68. The zero-order valence-electron chi connectivity index (χ0n) is 13.9. The van der Waals surface area contributed by atoms with Gasteiger partial charge in [0.1, 0.15) is 0 Å². The van der Waals surface area contributed by atoms with Gasteiger partial charge in [0.05, 0.1) is 17.4 Å². The van der Waals surface area contributed by atoms with Crippen LogP contribution in [0.1, 0.15) is 36.7 Å². The van der Waals surface area contributed by atoms with E-state index in [0.717, 1.165) is 11.4 Å². The number of hydrogen-bond donors (Lipinski definition) is 2. The van der Waals surface area contributed by atoms with E-state index in [4.69, 9.17) is 0 Å². The number of hydrogen-bond acceptors (Lipinski definition) is 3. The van der Waals surface area contributed by atoms with Crippen molar-refractivity contribution in [1.29, 1.82) is 0 Å². The first kappa shape index (κ1) is 16.7. The summed E-state index contributed by atoms with van der Waals surface area (Å²) in [6.07, 6.45) is 4.89. The van der Waals surface area contributed by atoms with Crippen LogP contribution in [0.5, 0.6) is 0 Å². The van der Waals surface area contributed by atoms with Crippen molar-refractivity contribution >= 4 is 17.3 Å². The molecule has 0 atom stereocenters. The molecular formula is C19H23N3O. The highest BCUT2D eigenvalue weighted by Gasteiger charge is 2.13. The van der Waals surface area contributed by atoms with Gasteiger partial charge in [-0.2, -0.15) is 0 Å². The van der Waals surface area contributed by atoms with Crippen LogP contribution < -0.4 is 10.6 Å². The largest absolute Gasteiger partial charge is 0.354 e. The predicted molar refractivity (Wildman–Crippen MR) is 95.2 cm³/mol. The smallest absolute Gasteiger partial charge is 0.253 e. The number of anilines is 2. The second-order valence-corrected chi connectivity index (χ2v) is 6.41. The normalized spacial score (nSPS) is 10.9. The summed E-state index contributed by atoms with van der Waals surface area (Å²) in [5.74, 6) is -0.163. The summed E-state index contributed by atoms with van der Waals surface area (Å²) in [4.78, 5) is 16.1. The zero-order valence-corrected chi connectivity index (χ0v) is 13.9. The van der Waals surface area contributed by atoms with Gasteiger partial charge < -0.3 is 10.6 Å². The minimum absolute atomic E-state index is 0.128. The van der Waals surface area contributed by atoms with Crippen molar-refractivity contribution in [2.24, 2.45) is 0 Å². The number of rotatable bonds is 5. The molecule has 1 amide bonds. The molecule has 0 aliphatic carbocycles. The molecule has 4 nitrogen and oxygen atoms in total. The van der Waals surface area contributed by atoms with Gasteiger partial charge in [-0.05, 0) is 29.2 Å². The van der Waals surface area contributed by atoms with Crippen LogP contribution in [0.4, 0.5) is 11.4 Å². The van der Waals surface area contributed by atoms with Gasteiger partial charge in [0.2, 0.25) is 0 Å². The van der Waals surface area contributed by atoms with Crippen molar-refractivity contribution in [2.45, 2.75) is 26.2 Å². The van der Waals surface area contributed by atoms with Crippen LogP contribution in [0.3, 0.4) is 0 Å². The van der Waals surface area contributed by atoms with Gasteiger partial charge in [-0.25, -0.2) is 0 Å². The van der Waals surface area contributed by atoms with Crippen LogP contribution in [-0.4, -0.2) is 17.4 Å². The van der Waals surface area contributed by atoms with E-state index in [1.165, 1.54) is 5.56 Å². The van der Waals surface area contributed by atoms with Crippen LogP contribution in [0, 0.1) is 0 Å². The molecule has 0 saturated heterocycles. The molecule has 0 unspecified atom stereocenters. The maximum Gasteiger partial charge on any atom is 0.253 e. The second kappa shape index (κ2) is 7.09. The van der Waals surface area contributed by atoms with Gasteiger partial charge in [0, 0.05) is 18.4 Å². The Hall–Kier alpha value is -2.62. The minimum Gasteiger partial charge on any atom is -0.354 e. The number of benzene rings is 1. The molecule has 0 spiro atoms. The summed E-state index contributed by atoms with van der Waals surface area (Å²) in [7, 11) is 0. The minimum atomic E-state index is -0.163. The summed E-state index contributed by atoms with van der Waals surface area (Å²) in [5, 5.41) is 6.01. The highest BCUT2D eigenvalue weighted by atomic mass is 16.1. The number of pyridine rings is 1. The quantitative estimate of drug-likeness (QED) is 0.820. The third-order valence-corrected chi connectivity index (χ3v) is 3.45.